The molecule has 1 amide bonds. The molecular formula is C16H17ClFN5O2. The van der Waals surface area contributed by atoms with Crippen LogP contribution in [0.2, 0.25) is 0 Å². The van der Waals surface area contributed by atoms with Gasteiger partial charge in [0.15, 0.2) is 5.69 Å². The Morgan fingerprint density at radius 3 is 2.76 bits per heavy atom. The second-order valence-corrected chi connectivity index (χ2v) is 5.99. The van der Waals surface area contributed by atoms with Crippen molar-refractivity contribution in [3.8, 4) is 0 Å². The molecule has 9 heteroatoms. The number of rotatable bonds is 1. The van der Waals surface area contributed by atoms with E-state index in [1.807, 2.05) is 0 Å². The van der Waals surface area contributed by atoms with E-state index in [-0.39, 0.29) is 29.8 Å². The lowest BCUT2D eigenvalue weighted by atomic mass is 9.93. The molecule has 25 heavy (non-hydrogen) atoms. The Kier molecular flexibility index (Phi) is 4.38. The van der Waals surface area contributed by atoms with Crippen LogP contribution >= 0.6 is 12.4 Å². The lowest BCUT2D eigenvalue weighted by molar-refractivity contribution is 0.0675. The molecule has 2 aromatic rings. The summed E-state index contributed by atoms with van der Waals surface area (Å²) in [6.07, 6.45) is 2.53. The van der Waals surface area contributed by atoms with Gasteiger partial charge in [0.25, 0.3) is 5.91 Å². The van der Waals surface area contributed by atoms with Gasteiger partial charge in [-0.25, -0.2) is 9.38 Å². The molecular weight excluding hydrogens is 349 g/mol. The van der Waals surface area contributed by atoms with Crippen LogP contribution in [-0.2, 0) is 0 Å². The second kappa shape index (κ2) is 6.36. The highest BCUT2D eigenvalue weighted by molar-refractivity contribution is 6.04. The van der Waals surface area contributed by atoms with Crippen LogP contribution in [0.15, 0.2) is 40.0 Å². The number of amidine groups is 1. The third-order valence-corrected chi connectivity index (χ3v) is 4.51. The summed E-state index contributed by atoms with van der Waals surface area (Å²) >= 11 is 0. The smallest absolute Gasteiger partial charge is 0.276 e. The first kappa shape index (κ1) is 17.2. The SMILES string of the molecule is Cl.NC1=NC2(CCN(C(=O)c3ccon3)CC2)Nc2cccc(F)c21. The van der Waals surface area contributed by atoms with Crippen LogP contribution in [0.25, 0.3) is 0 Å². The average Bonchev–Trinajstić information content (AvgIpc) is 3.09. The first-order valence-corrected chi connectivity index (χ1v) is 7.70. The second-order valence-electron chi connectivity index (χ2n) is 5.99. The van der Waals surface area contributed by atoms with Crippen LogP contribution in [0, 0.1) is 5.82 Å². The Balaban J connectivity index is 0.00000182. The average molecular weight is 366 g/mol. The Morgan fingerprint density at radius 1 is 1.32 bits per heavy atom. The van der Waals surface area contributed by atoms with Gasteiger partial charge in [-0.3, -0.25) is 4.79 Å². The van der Waals surface area contributed by atoms with Crippen LogP contribution in [0.1, 0.15) is 28.9 Å². The van der Waals surface area contributed by atoms with Gasteiger partial charge in [0.2, 0.25) is 0 Å². The minimum atomic E-state index is -0.606. The molecule has 0 unspecified atom stereocenters. The van der Waals surface area contributed by atoms with Gasteiger partial charge in [-0.15, -0.1) is 12.4 Å². The minimum absolute atomic E-state index is 0. The molecule has 132 valence electrons. The maximum atomic E-state index is 13.9. The molecule has 4 rings (SSSR count). The van der Waals surface area contributed by atoms with Crippen molar-refractivity contribution in [2.75, 3.05) is 18.4 Å². The molecule has 3 heterocycles. The highest BCUT2D eigenvalue weighted by atomic mass is 35.5. The van der Waals surface area contributed by atoms with Gasteiger partial charge in [0.1, 0.15) is 23.6 Å². The van der Waals surface area contributed by atoms with Crippen molar-refractivity contribution in [3.05, 3.63) is 47.6 Å². The summed E-state index contributed by atoms with van der Waals surface area (Å²) in [5.41, 5.74) is 6.62. The Morgan fingerprint density at radius 2 is 2.08 bits per heavy atom. The number of likely N-dealkylation sites (tertiary alicyclic amines) is 1. The zero-order valence-corrected chi connectivity index (χ0v) is 14.1. The molecule has 0 aliphatic carbocycles. The van der Waals surface area contributed by atoms with Crippen molar-refractivity contribution >= 4 is 29.8 Å². The number of nitrogens with one attached hydrogen (secondary N) is 1. The van der Waals surface area contributed by atoms with Gasteiger partial charge < -0.3 is 20.5 Å². The van der Waals surface area contributed by atoms with E-state index in [4.69, 9.17) is 10.3 Å². The summed E-state index contributed by atoms with van der Waals surface area (Å²) < 4.78 is 18.6. The van der Waals surface area contributed by atoms with Crippen LogP contribution in [0.3, 0.4) is 0 Å². The number of benzene rings is 1. The zero-order valence-electron chi connectivity index (χ0n) is 13.2. The molecule has 1 saturated heterocycles. The predicted octanol–water partition coefficient (Wildman–Crippen LogP) is 2.00. The number of hydrogen-bond donors (Lipinski definition) is 2. The van der Waals surface area contributed by atoms with E-state index >= 15 is 0 Å². The van der Waals surface area contributed by atoms with Gasteiger partial charge in [0, 0.05) is 37.7 Å². The van der Waals surface area contributed by atoms with Crippen LogP contribution < -0.4 is 11.1 Å². The molecule has 1 spiro atoms. The number of amides is 1. The molecule has 1 aromatic heterocycles. The number of halogens is 2. The van der Waals surface area contributed by atoms with Crippen molar-refractivity contribution in [1.82, 2.24) is 10.1 Å². The Labute approximate surface area is 149 Å². The number of nitrogens with two attached hydrogens (primary N) is 1. The predicted molar refractivity (Wildman–Crippen MR) is 92.4 cm³/mol. The first-order chi connectivity index (χ1) is 11.6. The number of carbonyl (C=O) groups is 1. The fourth-order valence-electron chi connectivity index (χ4n) is 3.26. The van der Waals surface area contributed by atoms with Gasteiger partial charge in [-0.2, -0.15) is 0 Å². The Hall–Kier alpha value is -2.61. The van der Waals surface area contributed by atoms with Crippen molar-refractivity contribution in [2.24, 2.45) is 10.7 Å². The maximum absolute atomic E-state index is 13.9. The van der Waals surface area contributed by atoms with Crippen molar-refractivity contribution in [2.45, 2.75) is 18.5 Å². The number of fused-ring (bicyclic) bond motifs is 1. The Bertz CT molecular complexity index is 816. The van der Waals surface area contributed by atoms with E-state index < -0.39 is 11.5 Å². The van der Waals surface area contributed by atoms with Gasteiger partial charge in [-0.05, 0) is 12.1 Å². The summed E-state index contributed by atoms with van der Waals surface area (Å²) in [6, 6.07) is 6.33. The number of piperidine rings is 1. The molecule has 1 aromatic carbocycles. The first-order valence-electron chi connectivity index (χ1n) is 7.70. The van der Waals surface area contributed by atoms with Gasteiger partial charge in [0.05, 0.1) is 5.56 Å². The van der Waals surface area contributed by atoms with Crippen LogP contribution in [-0.4, -0.2) is 40.6 Å². The van der Waals surface area contributed by atoms with Crippen LogP contribution in [0.5, 0.6) is 0 Å². The van der Waals surface area contributed by atoms with Gasteiger partial charge >= 0.3 is 0 Å². The molecule has 2 aliphatic heterocycles. The van der Waals surface area contributed by atoms with E-state index in [1.54, 1.807) is 23.1 Å². The van der Waals surface area contributed by atoms with Crippen molar-refractivity contribution < 1.29 is 13.7 Å². The molecule has 0 bridgehead atoms. The molecule has 1 fully saturated rings. The molecule has 0 saturated carbocycles. The number of hydrogen-bond acceptors (Lipinski definition) is 6. The maximum Gasteiger partial charge on any atom is 0.276 e. The minimum Gasteiger partial charge on any atom is -0.383 e. The lowest BCUT2D eigenvalue weighted by Gasteiger charge is -2.42. The van der Waals surface area contributed by atoms with Crippen LogP contribution in [0.4, 0.5) is 10.1 Å². The molecule has 2 aliphatic rings. The zero-order chi connectivity index (χ0) is 16.7. The van der Waals surface area contributed by atoms with E-state index in [0.29, 0.717) is 37.2 Å². The largest absolute Gasteiger partial charge is 0.383 e. The topological polar surface area (TPSA) is 96.8 Å². The standard InChI is InChI=1S/C16H16FN5O2.ClH/c17-10-2-1-3-11-13(10)14(18)20-16(19-11)5-7-22(8-6-16)15(23)12-4-9-24-21-12;/h1-4,9,19H,5-8H2,(H2,18,20);1H. The number of aromatic nitrogens is 1. The quantitative estimate of drug-likeness (QED) is 0.805. The highest BCUT2D eigenvalue weighted by Gasteiger charge is 2.39. The highest BCUT2D eigenvalue weighted by Crippen LogP contribution is 2.35. The lowest BCUT2D eigenvalue weighted by Crippen LogP contribution is -2.52. The van der Waals surface area contributed by atoms with E-state index in [2.05, 4.69) is 15.5 Å². The summed E-state index contributed by atoms with van der Waals surface area (Å²) in [7, 11) is 0. The molecule has 0 radical (unpaired) electrons. The van der Waals surface area contributed by atoms with E-state index in [0.717, 1.165) is 0 Å². The fraction of sp³-hybridized carbons (Fsp3) is 0.312. The van der Waals surface area contributed by atoms with Crippen molar-refractivity contribution in [1.29, 1.82) is 0 Å². The van der Waals surface area contributed by atoms with E-state index in [1.165, 1.54) is 12.3 Å². The molecule has 7 nitrogen and oxygen atoms in total. The third kappa shape index (κ3) is 2.93. The summed E-state index contributed by atoms with van der Waals surface area (Å²) in [4.78, 5) is 18.5. The van der Waals surface area contributed by atoms with Crippen molar-refractivity contribution in [3.63, 3.8) is 0 Å². The number of carbonyl (C=O) groups excluding carboxylic acids is 1. The number of nitrogens with zero attached hydrogens (tertiary/aromatic N) is 3. The summed E-state index contributed by atoms with van der Waals surface area (Å²) in [5.74, 6) is -0.370. The fourth-order valence-corrected chi connectivity index (χ4v) is 3.26. The molecule has 3 N–H and O–H groups in total. The number of aliphatic imine (C=N–C) groups is 1. The summed E-state index contributed by atoms with van der Waals surface area (Å²) in [6.45, 7) is 1.00. The monoisotopic (exact) mass is 365 g/mol. The van der Waals surface area contributed by atoms with Gasteiger partial charge in [-0.1, -0.05) is 11.2 Å². The summed E-state index contributed by atoms with van der Waals surface area (Å²) in [5, 5.41) is 6.97. The normalized spacial score (nSPS) is 18.0. The third-order valence-electron chi connectivity index (χ3n) is 4.51. The van der Waals surface area contributed by atoms with E-state index in [9.17, 15) is 9.18 Å². The number of anilines is 1. The molecule has 0 atom stereocenters.